The molecule has 0 bridgehead atoms. The van der Waals surface area contributed by atoms with Gasteiger partial charge in [-0.2, -0.15) is 0 Å². The van der Waals surface area contributed by atoms with Crippen LogP contribution in [0.2, 0.25) is 0 Å². The van der Waals surface area contributed by atoms with Gasteiger partial charge >= 0.3 is 0 Å². The Labute approximate surface area is 145 Å². The normalized spacial score (nSPS) is 17.8. The molecule has 0 saturated carbocycles. The van der Waals surface area contributed by atoms with Crippen LogP contribution in [0.4, 0.5) is 0 Å². The van der Waals surface area contributed by atoms with Gasteiger partial charge in [-0.05, 0) is 44.7 Å². The molecule has 1 atom stereocenters. The molecule has 2 rings (SSSR count). The predicted molar refractivity (Wildman–Crippen MR) is 98.8 cm³/mol. The number of nitrogens with zero attached hydrogens (tertiary/aromatic N) is 1. The molecule has 0 aromatic heterocycles. The molecule has 1 unspecified atom stereocenters. The number of nitrogens with one attached hydrogen (secondary N) is 2. The van der Waals surface area contributed by atoms with Gasteiger partial charge in [0, 0.05) is 25.3 Å². The zero-order chi connectivity index (χ0) is 17.2. The van der Waals surface area contributed by atoms with Gasteiger partial charge in [-0.15, -0.1) is 0 Å². The summed E-state index contributed by atoms with van der Waals surface area (Å²) in [5.41, 5.74) is 2.30. The summed E-state index contributed by atoms with van der Waals surface area (Å²) in [6, 6.07) is 6.30. The van der Waals surface area contributed by atoms with Crippen molar-refractivity contribution in [3.8, 4) is 5.75 Å². The number of benzene rings is 1. The summed E-state index contributed by atoms with van der Waals surface area (Å²) in [5, 5.41) is 6.60. The van der Waals surface area contributed by atoms with Crippen molar-refractivity contribution in [2.24, 2.45) is 4.99 Å². The van der Waals surface area contributed by atoms with Gasteiger partial charge in [0.25, 0.3) is 0 Å². The Kier molecular flexibility index (Phi) is 7.89. The van der Waals surface area contributed by atoms with Crippen LogP contribution in [0.5, 0.6) is 5.75 Å². The van der Waals surface area contributed by atoms with E-state index in [0.717, 1.165) is 56.2 Å². The highest BCUT2D eigenvalue weighted by molar-refractivity contribution is 5.79. The Morgan fingerprint density at radius 2 is 2.21 bits per heavy atom. The average Bonchev–Trinajstić information content (AvgIpc) is 3.10. The molecule has 1 aromatic carbocycles. The molecule has 5 nitrogen and oxygen atoms in total. The number of aryl methyl sites for hydroxylation is 1. The lowest BCUT2D eigenvalue weighted by molar-refractivity contribution is 0.0676. The highest BCUT2D eigenvalue weighted by atomic mass is 16.5. The number of hydrogen-bond acceptors (Lipinski definition) is 3. The second-order valence-corrected chi connectivity index (χ2v) is 6.18. The van der Waals surface area contributed by atoms with E-state index in [1.807, 2.05) is 0 Å². The summed E-state index contributed by atoms with van der Waals surface area (Å²) in [6.07, 6.45) is 3.52. The van der Waals surface area contributed by atoms with Crippen molar-refractivity contribution in [3.05, 3.63) is 29.3 Å². The third kappa shape index (κ3) is 6.04. The lowest BCUT2D eigenvalue weighted by Gasteiger charge is -2.15. The summed E-state index contributed by atoms with van der Waals surface area (Å²) in [4.78, 5) is 4.67. The van der Waals surface area contributed by atoms with Crippen LogP contribution in [0.15, 0.2) is 23.2 Å². The minimum Gasteiger partial charge on any atom is -0.491 e. The smallest absolute Gasteiger partial charge is 0.191 e. The van der Waals surface area contributed by atoms with Crippen LogP contribution >= 0.6 is 0 Å². The van der Waals surface area contributed by atoms with Crippen LogP contribution in [0.1, 0.15) is 44.2 Å². The monoisotopic (exact) mass is 333 g/mol. The molecule has 0 spiro atoms. The maximum atomic E-state index is 6.04. The number of aliphatic imine (C=N–C) groups is 1. The van der Waals surface area contributed by atoms with E-state index in [-0.39, 0.29) is 6.10 Å². The Morgan fingerprint density at radius 1 is 1.33 bits per heavy atom. The van der Waals surface area contributed by atoms with Gasteiger partial charge in [0.15, 0.2) is 5.96 Å². The van der Waals surface area contributed by atoms with E-state index >= 15 is 0 Å². The molecular formula is C19H31N3O2. The molecule has 1 fully saturated rings. The quantitative estimate of drug-likeness (QED) is 0.567. The second-order valence-electron chi connectivity index (χ2n) is 6.18. The maximum absolute atomic E-state index is 6.04. The predicted octanol–water partition coefficient (Wildman–Crippen LogP) is 3.02. The van der Waals surface area contributed by atoms with Crippen LogP contribution in [0.25, 0.3) is 0 Å². The highest BCUT2D eigenvalue weighted by Crippen LogP contribution is 2.23. The number of rotatable bonds is 8. The SMILES string of the molecule is CCCNC(=NCc1ccc(C)cc1OCC1CCCO1)NCC. The molecule has 5 heteroatoms. The van der Waals surface area contributed by atoms with E-state index in [9.17, 15) is 0 Å². The van der Waals surface area contributed by atoms with Gasteiger partial charge in [-0.1, -0.05) is 19.1 Å². The van der Waals surface area contributed by atoms with Crippen molar-refractivity contribution < 1.29 is 9.47 Å². The summed E-state index contributed by atoms with van der Waals surface area (Å²) in [6.45, 7) is 10.1. The number of guanidine groups is 1. The summed E-state index contributed by atoms with van der Waals surface area (Å²) >= 11 is 0. The van der Waals surface area contributed by atoms with Gasteiger partial charge in [0.2, 0.25) is 0 Å². The maximum Gasteiger partial charge on any atom is 0.191 e. The van der Waals surface area contributed by atoms with Crippen LogP contribution in [-0.2, 0) is 11.3 Å². The minimum absolute atomic E-state index is 0.227. The van der Waals surface area contributed by atoms with Crippen LogP contribution < -0.4 is 15.4 Å². The molecule has 1 saturated heterocycles. The first-order valence-corrected chi connectivity index (χ1v) is 9.09. The van der Waals surface area contributed by atoms with Crippen molar-refractivity contribution in [2.45, 2.75) is 52.7 Å². The first kappa shape index (κ1) is 18.6. The fraction of sp³-hybridized carbons (Fsp3) is 0.632. The van der Waals surface area contributed by atoms with E-state index in [1.165, 1.54) is 5.56 Å². The molecule has 24 heavy (non-hydrogen) atoms. The van der Waals surface area contributed by atoms with Crippen molar-refractivity contribution >= 4 is 5.96 Å². The van der Waals surface area contributed by atoms with Crippen molar-refractivity contribution in [1.29, 1.82) is 0 Å². The van der Waals surface area contributed by atoms with Crippen LogP contribution in [0, 0.1) is 6.92 Å². The summed E-state index contributed by atoms with van der Waals surface area (Å²) < 4.78 is 11.7. The van der Waals surface area contributed by atoms with E-state index < -0.39 is 0 Å². The van der Waals surface area contributed by atoms with Crippen molar-refractivity contribution in [2.75, 3.05) is 26.3 Å². The average molecular weight is 333 g/mol. The van der Waals surface area contributed by atoms with Crippen molar-refractivity contribution in [3.63, 3.8) is 0 Å². The molecule has 1 heterocycles. The molecule has 0 radical (unpaired) electrons. The van der Waals surface area contributed by atoms with Gasteiger partial charge in [0.05, 0.1) is 12.6 Å². The molecule has 0 amide bonds. The fourth-order valence-electron chi connectivity index (χ4n) is 2.63. The van der Waals surface area contributed by atoms with E-state index in [1.54, 1.807) is 0 Å². The Morgan fingerprint density at radius 3 is 2.92 bits per heavy atom. The van der Waals surface area contributed by atoms with Gasteiger partial charge in [0.1, 0.15) is 12.4 Å². The minimum atomic E-state index is 0.227. The Balaban J connectivity index is 2.01. The van der Waals surface area contributed by atoms with Gasteiger partial charge in [-0.25, -0.2) is 4.99 Å². The molecule has 2 N–H and O–H groups in total. The van der Waals surface area contributed by atoms with Crippen LogP contribution in [0.3, 0.4) is 0 Å². The lowest BCUT2D eigenvalue weighted by Crippen LogP contribution is -2.37. The standard InChI is InChI=1S/C19H31N3O2/c1-4-10-21-19(20-5-2)22-13-16-9-8-15(3)12-18(16)24-14-17-7-6-11-23-17/h8-9,12,17H,4-7,10-11,13-14H2,1-3H3,(H2,20,21,22). The second kappa shape index (κ2) is 10.2. The van der Waals surface area contributed by atoms with E-state index in [4.69, 9.17) is 9.47 Å². The molecule has 134 valence electrons. The largest absolute Gasteiger partial charge is 0.491 e. The number of ether oxygens (including phenoxy) is 2. The summed E-state index contributed by atoms with van der Waals surface area (Å²) in [5.74, 6) is 1.77. The molecular weight excluding hydrogens is 302 g/mol. The third-order valence-corrected chi connectivity index (χ3v) is 3.97. The molecule has 1 aliphatic heterocycles. The molecule has 0 aliphatic carbocycles. The molecule has 1 aromatic rings. The van der Waals surface area contributed by atoms with E-state index in [2.05, 4.69) is 54.6 Å². The zero-order valence-electron chi connectivity index (χ0n) is 15.2. The van der Waals surface area contributed by atoms with Gasteiger partial charge < -0.3 is 20.1 Å². The Bertz CT molecular complexity index is 525. The van der Waals surface area contributed by atoms with Crippen LogP contribution in [-0.4, -0.2) is 38.4 Å². The zero-order valence-corrected chi connectivity index (χ0v) is 15.2. The van der Waals surface area contributed by atoms with Crippen molar-refractivity contribution in [1.82, 2.24) is 10.6 Å². The highest BCUT2D eigenvalue weighted by Gasteiger charge is 2.16. The lowest BCUT2D eigenvalue weighted by atomic mass is 10.1. The number of hydrogen-bond donors (Lipinski definition) is 2. The first-order chi connectivity index (χ1) is 11.7. The third-order valence-electron chi connectivity index (χ3n) is 3.97. The first-order valence-electron chi connectivity index (χ1n) is 9.09. The topological polar surface area (TPSA) is 54.9 Å². The molecule has 1 aliphatic rings. The summed E-state index contributed by atoms with van der Waals surface area (Å²) in [7, 11) is 0. The Hall–Kier alpha value is -1.75. The van der Waals surface area contributed by atoms with Gasteiger partial charge in [-0.3, -0.25) is 0 Å². The fourth-order valence-corrected chi connectivity index (χ4v) is 2.63. The van der Waals surface area contributed by atoms with E-state index in [0.29, 0.717) is 13.2 Å².